The summed E-state index contributed by atoms with van der Waals surface area (Å²) in [4.78, 5) is 16.1. The molecular formula is C13H21N3O2S. The fourth-order valence-corrected chi connectivity index (χ4v) is 1.68. The monoisotopic (exact) mass is 283 g/mol. The molecule has 0 radical (unpaired) electrons. The Hall–Kier alpha value is -1.43. The second kappa shape index (κ2) is 7.89. The van der Waals surface area contributed by atoms with Crippen molar-refractivity contribution in [3.63, 3.8) is 0 Å². The molecule has 106 valence electrons. The first-order valence-corrected chi connectivity index (χ1v) is 7.98. The van der Waals surface area contributed by atoms with Crippen molar-refractivity contribution >= 4 is 22.5 Å². The lowest BCUT2D eigenvalue weighted by Gasteiger charge is -2.10. The number of aromatic nitrogens is 1. The summed E-state index contributed by atoms with van der Waals surface area (Å²) in [6.07, 6.45) is 2.63. The summed E-state index contributed by atoms with van der Waals surface area (Å²) >= 11 is 0. The molecule has 2 unspecified atom stereocenters. The highest BCUT2D eigenvalue weighted by atomic mass is 32.2. The lowest BCUT2D eigenvalue weighted by molar-refractivity contribution is 0.0949. The maximum atomic E-state index is 11.9. The van der Waals surface area contributed by atoms with E-state index in [4.69, 9.17) is 0 Å². The first-order chi connectivity index (χ1) is 9.04. The van der Waals surface area contributed by atoms with E-state index in [2.05, 4.69) is 22.5 Å². The summed E-state index contributed by atoms with van der Waals surface area (Å²) in [6, 6.07) is 5.29. The summed E-state index contributed by atoms with van der Waals surface area (Å²) in [5, 5.41) is 5.81. The second-order valence-electron chi connectivity index (χ2n) is 4.35. The van der Waals surface area contributed by atoms with Crippen LogP contribution in [0.25, 0.3) is 0 Å². The van der Waals surface area contributed by atoms with Crippen LogP contribution in [0, 0.1) is 0 Å². The van der Waals surface area contributed by atoms with Gasteiger partial charge < -0.3 is 10.6 Å². The van der Waals surface area contributed by atoms with Crippen molar-refractivity contribution in [2.24, 2.45) is 0 Å². The van der Waals surface area contributed by atoms with E-state index in [0.29, 0.717) is 18.1 Å². The van der Waals surface area contributed by atoms with Crippen LogP contribution >= 0.6 is 0 Å². The Labute approximate surface area is 116 Å². The second-order valence-corrected chi connectivity index (χ2v) is 6.16. The van der Waals surface area contributed by atoms with Crippen molar-refractivity contribution in [1.29, 1.82) is 0 Å². The molecule has 1 aromatic heterocycles. The van der Waals surface area contributed by atoms with Crippen molar-refractivity contribution in [3.05, 3.63) is 23.9 Å². The van der Waals surface area contributed by atoms with Gasteiger partial charge in [0.05, 0.1) is 0 Å². The summed E-state index contributed by atoms with van der Waals surface area (Å²) < 4.78 is 11.2. The van der Waals surface area contributed by atoms with E-state index in [1.54, 1.807) is 18.4 Å². The Kier molecular flexibility index (Phi) is 6.49. The molecule has 19 heavy (non-hydrogen) atoms. The summed E-state index contributed by atoms with van der Waals surface area (Å²) in [5.41, 5.74) is 0.371. The molecule has 0 bridgehead atoms. The minimum atomic E-state index is -0.939. The number of rotatable bonds is 7. The minimum Gasteiger partial charge on any atom is -0.370 e. The van der Waals surface area contributed by atoms with Crippen LogP contribution in [0.1, 0.15) is 30.8 Å². The Morgan fingerprint density at radius 2 is 2.21 bits per heavy atom. The number of carbonyl (C=O) groups is 1. The number of carbonyl (C=O) groups excluding carboxylic acids is 1. The Morgan fingerprint density at radius 1 is 1.47 bits per heavy atom. The van der Waals surface area contributed by atoms with Crippen molar-refractivity contribution in [1.82, 2.24) is 10.3 Å². The molecule has 1 amide bonds. The van der Waals surface area contributed by atoms with E-state index < -0.39 is 10.8 Å². The molecule has 0 saturated heterocycles. The lowest BCUT2D eigenvalue weighted by atomic mass is 10.3. The van der Waals surface area contributed by atoms with E-state index in [0.717, 1.165) is 13.0 Å². The van der Waals surface area contributed by atoms with Crippen LogP contribution < -0.4 is 10.6 Å². The molecule has 0 aliphatic carbocycles. The van der Waals surface area contributed by atoms with Gasteiger partial charge in [0.1, 0.15) is 11.5 Å². The van der Waals surface area contributed by atoms with E-state index in [1.807, 2.05) is 13.0 Å². The fourth-order valence-electron chi connectivity index (χ4n) is 1.36. The van der Waals surface area contributed by atoms with Crippen LogP contribution in [0.3, 0.4) is 0 Å². The van der Waals surface area contributed by atoms with Gasteiger partial charge in [-0.2, -0.15) is 0 Å². The largest absolute Gasteiger partial charge is 0.370 e. The van der Waals surface area contributed by atoms with Crippen LogP contribution in [0.4, 0.5) is 5.82 Å². The van der Waals surface area contributed by atoms with Gasteiger partial charge in [-0.15, -0.1) is 0 Å². The van der Waals surface area contributed by atoms with E-state index in [9.17, 15) is 9.00 Å². The Morgan fingerprint density at radius 3 is 2.84 bits per heavy atom. The maximum absolute atomic E-state index is 11.9. The number of anilines is 1. The van der Waals surface area contributed by atoms with Crippen LogP contribution in [-0.2, 0) is 10.8 Å². The highest BCUT2D eigenvalue weighted by Gasteiger charge is 2.11. The first-order valence-electron chi connectivity index (χ1n) is 6.36. The van der Waals surface area contributed by atoms with Gasteiger partial charge in [0.25, 0.3) is 5.91 Å². The van der Waals surface area contributed by atoms with Gasteiger partial charge in [0.15, 0.2) is 0 Å². The van der Waals surface area contributed by atoms with Gasteiger partial charge in [-0.05, 0) is 25.5 Å². The quantitative estimate of drug-likeness (QED) is 0.793. The lowest BCUT2D eigenvalue weighted by Crippen LogP contribution is -2.33. The normalized spacial score (nSPS) is 13.6. The number of hydrogen-bond donors (Lipinski definition) is 2. The van der Waals surface area contributed by atoms with E-state index in [1.165, 1.54) is 0 Å². The average Bonchev–Trinajstić information content (AvgIpc) is 2.42. The summed E-state index contributed by atoms with van der Waals surface area (Å²) in [5.74, 6) is 0.457. The van der Waals surface area contributed by atoms with E-state index in [-0.39, 0.29) is 11.2 Å². The summed E-state index contributed by atoms with van der Waals surface area (Å²) in [7, 11) is -0.939. The molecule has 0 fully saturated rings. The zero-order valence-electron chi connectivity index (χ0n) is 11.6. The molecule has 2 atom stereocenters. The molecule has 5 nitrogen and oxygen atoms in total. The minimum absolute atomic E-state index is 0.0645. The number of nitrogens with one attached hydrogen (secondary N) is 2. The molecule has 0 aliphatic heterocycles. The molecule has 1 aromatic rings. The standard InChI is InChI=1S/C13H21N3O2S/c1-4-8-14-12-7-5-6-11(16-12)13(17)15-9-10(2)19(3)18/h5-7,10H,4,8-9H2,1-3H3,(H,14,16)(H,15,17). The average molecular weight is 283 g/mol. The van der Waals surface area contributed by atoms with Crippen molar-refractivity contribution in [2.45, 2.75) is 25.5 Å². The molecule has 0 saturated carbocycles. The molecule has 6 heteroatoms. The third kappa shape index (κ3) is 5.38. The van der Waals surface area contributed by atoms with Crippen molar-refractivity contribution in [2.75, 3.05) is 24.7 Å². The van der Waals surface area contributed by atoms with E-state index >= 15 is 0 Å². The van der Waals surface area contributed by atoms with Crippen LogP contribution in [0.15, 0.2) is 18.2 Å². The zero-order valence-corrected chi connectivity index (χ0v) is 12.4. The predicted octanol–water partition coefficient (Wildman–Crippen LogP) is 1.40. The van der Waals surface area contributed by atoms with Crippen molar-refractivity contribution < 1.29 is 9.00 Å². The van der Waals surface area contributed by atoms with Gasteiger partial charge in [-0.1, -0.05) is 13.0 Å². The molecule has 0 spiro atoms. The van der Waals surface area contributed by atoms with Gasteiger partial charge in [-0.3, -0.25) is 9.00 Å². The maximum Gasteiger partial charge on any atom is 0.270 e. The Balaban J connectivity index is 2.59. The van der Waals surface area contributed by atoms with Crippen LogP contribution in [0.2, 0.25) is 0 Å². The number of hydrogen-bond acceptors (Lipinski definition) is 4. The smallest absolute Gasteiger partial charge is 0.270 e. The zero-order chi connectivity index (χ0) is 14.3. The third-order valence-electron chi connectivity index (χ3n) is 2.65. The van der Waals surface area contributed by atoms with Crippen LogP contribution in [0.5, 0.6) is 0 Å². The molecule has 1 heterocycles. The number of amides is 1. The highest BCUT2D eigenvalue weighted by Crippen LogP contribution is 2.05. The van der Waals surface area contributed by atoms with Crippen molar-refractivity contribution in [3.8, 4) is 0 Å². The molecule has 0 aliphatic rings. The topological polar surface area (TPSA) is 71.1 Å². The third-order valence-corrected chi connectivity index (χ3v) is 3.95. The first kappa shape index (κ1) is 15.6. The summed E-state index contributed by atoms with van der Waals surface area (Å²) in [6.45, 7) is 5.11. The highest BCUT2D eigenvalue weighted by molar-refractivity contribution is 7.84. The van der Waals surface area contributed by atoms with Gasteiger partial charge in [0.2, 0.25) is 0 Å². The molecule has 2 N–H and O–H groups in total. The van der Waals surface area contributed by atoms with Gasteiger partial charge in [-0.25, -0.2) is 4.98 Å². The molecular weight excluding hydrogens is 262 g/mol. The molecule has 1 rings (SSSR count). The Bertz CT molecular complexity index is 451. The van der Waals surface area contributed by atoms with Gasteiger partial charge in [0, 0.05) is 35.4 Å². The molecule has 0 aromatic carbocycles. The number of nitrogens with zero attached hydrogens (tertiary/aromatic N) is 1. The number of pyridine rings is 1. The fraction of sp³-hybridized carbons (Fsp3) is 0.538. The SMILES string of the molecule is CCCNc1cccc(C(=O)NCC(C)S(C)=O)n1. The van der Waals surface area contributed by atoms with Crippen LogP contribution in [-0.4, -0.2) is 39.7 Å². The predicted molar refractivity (Wildman–Crippen MR) is 78.9 cm³/mol. The van der Waals surface area contributed by atoms with Gasteiger partial charge >= 0.3 is 0 Å².